The van der Waals surface area contributed by atoms with Crippen molar-refractivity contribution in [1.29, 1.82) is 0 Å². The molecule has 0 aromatic carbocycles. The minimum atomic E-state index is -0.915. The molecule has 1 unspecified atom stereocenters. The molecule has 1 amide bonds. The number of hydrogen-bond acceptors (Lipinski definition) is 3. The molecule has 1 fully saturated rings. The quantitative estimate of drug-likeness (QED) is 0.299. The fraction of sp³-hybridized carbons (Fsp3) is 0.857. The van der Waals surface area contributed by atoms with Gasteiger partial charge in [0.1, 0.15) is 5.41 Å². The zero-order chi connectivity index (χ0) is 14.3. The molecule has 1 saturated carbocycles. The normalized spacial score (nSPS) is 20.8. The maximum atomic E-state index is 12.2. The topological polar surface area (TPSA) is 87.7 Å². The first-order valence-corrected chi connectivity index (χ1v) is 7.31. The standard InChI is InChI=1S/C14H27N3O2/c1-3-14(2,12(15)17-19)13(18)16-10-9-11-7-5-4-6-8-11/h11,19H,3-10H2,1-2H3,(H2,15,17)(H,16,18). The molecule has 1 atom stereocenters. The first-order chi connectivity index (χ1) is 9.04. The molecular weight excluding hydrogens is 242 g/mol. The summed E-state index contributed by atoms with van der Waals surface area (Å²) >= 11 is 0. The number of carbonyl (C=O) groups is 1. The summed E-state index contributed by atoms with van der Waals surface area (Å²) in [5.74, 6) is 0.567. The van der Waals surface area contributed by atoms with Crippen molar-refractivity contribution in [2.45, 2.75) is 58.8 Å². The lowest BCUT2D eigenvalue weighted by molar-refractivity contribution is -0.127. The first-order valence-electron chi connectivity index (χ1n) is 7.31. The van der Waals surface area contributed by atoms with E-state index in [4.69, 9.17) is 10.9 Å². The van der Waals surface area contributed by atoms with Gasteiger partial charge in [0.15, 0.2) is 5.84 Å². The Bertz CT molecular complexity index is 325. The van der Waals surface area contributed by atoms with Gasteiger partial charge in [0.05, 0.1) is 0 Å². The molecule has 5 heteroatoms. The van der Waals surface area contributed by atoms with Crippen LogP contribution in [0.4, 0.5) is 0 Å². The summed E-state index contributed by atoms with van der Waals surface area (Å²) in [7, 11) is 0. The van der Waals surface area contributed by atoms with Gasteiger partial charge in [-0.3, -0.25) is 4.79 Å². The third kappa shape index (κ3) is 4.11. The van der Waals surface area contributed by atoms with Crippen LogP contribution in [0.1, 0.15) is 58.8 Å². The van der Waals surface area contributed by atoms with Crippen LogP contribution in [0.25, 0.3) is 0 Å². The molecule has 0 heterocycles. The highest BCUT2D eigenvalue weighted by Gasteiger charge is 2.36. The van der Waals surface area contributed by atoms with Crippen LogP contribution in [-0.4, -0.2) is 23.5 Å². The largest absolute Gasteiger partial charge is 0.409 e. The van der Waals surface area contributed by atoms with Crippen molar-refractivity contribution in [3.8, 4) is 0 Å². The Morgan fingerprint density at radius 2 is 2.05 bits per heavy atom. The Balaban J connectivity index is 2.40. The van der Waals surface area contributed by atoms with Crippen LogP contribution in [0.2, 0.25) is 0 Å². The van der Waals surface area contributed by atoms with E-state index in [0.717, 1.165) is 12.3 Å². The van der Waals surface area contributed by atoms with Gasteiger partial charge in [-0.05, 0) is 25.7 Å². The molecule has 1 aliphatic carbocycles. The van der Waals surface area contributed by atoms with E-state index < -0.39 is 5.41 Å². The van der Waals surface area contributed by atoms with E-state index in [-0.39, 0.29) is 11.7 Å². The van der Waals surface area contributed by atoms with E-state index in [9.17, 15) is 4.79 Å². The highest BCUT2D eigenvalue weighted by molar-refractivity contribution is 6.06. The predicted octanol–water partition coefficient (Wildman–Crippen LogP) is 2.24. The van der Waals surface area contributed by atoms with Gasteiger partial charge in [-0.15, -0.1) is 0 Å². The average molecular weight is 269 g/mol. The number of nitrogens with one attached hydrogen (secondary N) is 1. The molecule has 0 aliphatic heterocycles. The Hall–Kier alpha value is -1.26. The summed E-state index contributed by atoms with van der Waals surface area (Å²) in [5, 5.41) is 14.7. The van der Waals surface area contributed by atoms with E-state index in [2.05, 4.69) is 10.5 Å². The van der Waals surface area contributed by atoms with E-state index in [1.165, 1.54) is 32.1 Å². The fourth-order valence-electron chi connectivity index (χ4n) is 2.63. The number of carbonyl (C=O) groups excluding carboxylic acids is 1. The van der Waals surface area contributed by atoms with Crippen molar-refractivity contribution >= 4 is 11.7 Å². The lowest BCUT2D eigenvalue weighted by Gasteiger charge is -2.26. The van der Waals surface area contributed by atoms with E-state index >= 15 is 0 Å². The Morgan fingerprint density at radius 3 is 2.58 bits per heavy atom. The highest BCUT2D eigenvalue weighted by atomic mass is 16.4. The minimum absolute atomic E-state index is 0.0230. The van der Waals surface area contributed by atoms with Gasteiger partial charge in [-0.1, -0.05) is 44.2 Å². The van der Waals surface area contributed by atoms with Gasteiger partial charge < -0.3 is 16.3 Å². The van der Waals surface area contributed by atoms with Crippen LogP contribution in [-0.2, 0) is 4.79 Å². The zero-order valence-electron chi connectivity index (χ0n) is 12.1. The molecule has 19 heavy (non-hydrogen) atoms. The summed E-state index contributed by atoms with van der Waals surface area (Å²) in [5.41, 5.74) is 4.70. The lowest BCUT2D eigenvalue weighted by atomic mass is 9.84. The molecule has 0 radical (unpaired) electrons. The summed E-state index contributed by atoms with van der Waals surface area (Å²) in [6.45, 7) is 4.24. The molecule has 0 saturated heterocycles. The van der Waals surface area contributed by atoms with Crippen molar-refractivity contribution in [3.63, 3.8) is 0 Å². The van der Waals surface area contributed by atoms with Crippen molar-refractivity contribution in [2.75, 3.05) is 6.54 Å². The van der Waals surface area contributed by atoms with Crippen LogP contribution >= 0.6 is 0 Å². The fourth-order valence-corrected chi connectivity index (χ4v) is 2.63. The molecule has 110 valence electrons. The van der Waals surface area contributed by atoms with Gasteiger partial charge in [-0.25, -0.2) is 0 Å². The molecule has 1 rings (SSSR count). The van der Waals surface area contributed by atoms with E-state index in [1.54, 1.807) is 6.92 Å². The molecule has 0 bridgehead atoms. The molecular formula is C14H27N3O2. The number of amidine groups is 1. The number of amides is 1. The second-order valence-corrected chi connectivity index (χ2v) is 5.72. The van der Waals surface area contributed by atoms with Crippen LogP contribution in [0.3, 0.4) is 0 Å². The number of hydrogen-bond donors (Lipinski definition) is 3. The SMILES string of the molecule is CCC(C)(C(=O)NCCC1CCCCC1)C(N)=NO. The maximum Gasteiger partial charge on any atom is 0.233 e. The second-order valence-electron chi connectivity index (χ2n) is 5.72. The van der Waals surface area contributed by atoms with Gasteiger partial charge in [0.2, 0.25) is 5.91 Å². The summed E-state index contributed by atoms with van der Waals surface area (Å²) in [4.78, 5) is 12.2. The molecule has 4 N–H and O–H groups in total. The third-order valence-electron chi connectivity index (χ3n) is 4.44. The Morgan fingerprint density at radius 1 is 1.42 bits per heavy atom. The molecule has 0 aromatic heterocycles. The van der Waals surface area contributed by atoms with Crippen LogP contribution in [0.5, 0.6) is 0 Å². The second kappa shape index (κ2) is 7.36. The summed E-state index contributed by atoms with van der Waals surface area (Å²) in [6, 6.07) is 0. The average Bonchev–Trinajstić information content (AvgIpc) is 2.46. The minimum Gasteiger partial charge on any atom is -0.409 e. The zero-order valence-corrected chi connectivity index (χ0v) is 12.1. The third-order valence-corrected chi connectivity index (χ3v) is 4.44. The first kappa shape index (κ1) is 15.8. The monoisotopic (exact) mass is 269 g/mol. The van der Waals surface area contributed by atoms with Crippen LogP contribution < -0.4 is 11.1 Å². The van der Waals surface area contributed by atoms with Crippen LogP contribution in [0, 0.1) is 11.3 Å². The van der Waals surface area contributed by atoms with Crippen LogP contribution in [0.15, 0.2) is 5.16 Å². The number of nitrogens with two attached hydrogens (primary N) is 1. The maximum absolute atomic E-state index is 12.2. The van der Waals surface area contributed by atoms with Crippen molar-refractivity contribution in [1.82, 2.24) is 5.32 Å². The number of oxime groups is 1. The Labute approximate surface area is 115 Å². The molecule has 0 aromatic rings. The van der Waals surface area contributed by atoms with Gasteiger partial charge in [0, 0.05) is 6.54 Å². The predicted molar refractivity (Wildman–Crippen MR) is 76.0 cm³/mol. The highest BCUT2D eigenvalue weighted by Crippen LogP contribution is 2.26. The lowest BCUT2D eigenvalue weighted by Crippen LogP contribution is -2.48. The summed E-state index contributed by atoms with van der Waals surface area (Å²) in [6.07, 6.45) is 8.08. The summed E-state index contributed by atoms with van der Waals surface area (Å²) < 4.78 is 0. The van der Waals surface area contributed by atoms with E-state index in [0.29, 0.717) is 13.0 Å². The van der Waals surface area contributed by atoms with Crippen molar-refractivity contribution in [2.24, 2.45) is 22.2 Å². The van der Waals surface area contributed by atoms with Gasteiger partial charge >= 0.3 is 0 Å². The Kier molecular flexibility index (Phi) is 6.12. The van der Waals surface area contributed by atoms with Crippen molar-refractivity contribution in [3.05, 3.63) is 0 Å². The van der Waals surface area contributed by atoms with Gasteiger partial charge in [0.25, 0.3) is 0 Å². The smallest absolute Gasteiger partial charge is 0.233 e. The van der Waals surface area contributed by atoms with Crippen molar-refractivity contribution < 1.29 is 10.0 Å². The number of nitrogens with zero attached hydrogens (tertiary/aromatic N) is 1. The molecule has 1 aliphatic rings. The molecule has 0 spiro atoms. The van der Waals surface area contributed by atoms with Gasteiger partial charge in [-0.2, -0.15) is 0 Å². The number of rotatable bonds is 6. The molecule has 5 nitrogen and oxygen atoms in total. The van der Waals surface area contributed by atoms with E-state index in [1.807, 2.05) is 6.92 Å².